The number of fused-ring (bicyclic) bond motifs is 1. The molecule has 1 saturated heterocycles. The molecular weight excluding hydrogens is 392 g/mol. The number of likely N-dealkylation sites (tertiary alicyclic amines) is 1. The first-order valence-corrected chi connectivity index (χ1v) is 10.0. The van der Waals surface area contributed by atoms with Crippen molar-refractivity contribution in [3.8, 4) is 0 Å². The Bertz CT molecular complexity index is 960. The highest BCUT2D eigenvalue weighted by atomic mass is 19.1. The zero-order chi connectivity index (χ0) is 21.3. The van der Waals surface area contributed by atoms with E-state index in [4.69, 9.17) is 4.74 Å². The monoisotopic (exact) mass is 415 g/mol. The summed E-state index contributed by atoms with van der Waals surface area (Å²) in [4.78, 5) is 28.5. The average Bonchev–Trinajstić information content (AvgIpc) is 3.02. The zero-order valence-electron chi connectivity index (χ0n) is 16.6. The summed E-state index contributed by atoms with van der Waals surface area (Å²) in [6.45, 7) is 3.02. The fraction of sp³-hybridized carbons (Fsp3) is 0.364. The summed E-state index contributed by atoms with van der Waals surface area (Å²) in [5.41, 5.74) is 1.43. The van der Waals surface area contributed by atoms with Crippen LogP contribution in [0.2, 0.25) is 0 Å². The molecule has 1 fully saturated rings. The van der Waals surface area contributed by atoms with Gasteiger partial charge >= 0.3 is 6.09 Å². The number of anilines is 1. The molecule has 8 heteroatoms. The van der Waals surface area contributed by atoms with Crippen molar-refractivity contribution in [1.29, 1.82) is 0 Å². The van der Waals surface area contributed by atoms with E-state index in [1.54, 1.807) is 28.9 Å². The molecule has 1 atom stereocenters. The number of amides is 2. The highest BCUT2D eigenvalue weighted by Gasteiger charge is 2.42. The first kappa shape index (κ1) is 20.1. The van der Waals surface area contributed by atoms with E-state index >= 15 is 0 Å². The number of hydrogen-bond acceptors (Lipinski definition) is 4. The largest absolute Gasteiger partial charge is 0.450 e. The minimum Gasteiger partial charge on any atom is -0.450 e. The van der Waals surface area contributed by atoms with E-state index in [0.29, 0.717) is 38.1 Å². The Morgan fingerprint density at radius 2 is 1.90 bits per heavy atom. The molecule has 2 aromatic carbocycles. The topological polar surface area (TPSA) is 61.9 Å². The molecule has 0 aliphatic carbocycles. The molecule has 0 unspecified atom stereocenters. The Morgan fingerprint density at radius 3 is 2.60 bits per heavy atom. The van der Waals surface area contributed by atoms with Crippen molar-refractivity contribution >= 4 is 17.7 Å². The minimum atomic E-state index is -0.719. The van der Waals surface area contributed by atoms with Gasteiger partial charge in [0.25, 0.3) is 5.91 Å². The van der Waals surface area contributed by atoms with Gasteiger partial charge in [-0.2, -0.15) is 0 Å². The molecule has 2 heterocycles. The lowest BCUT2D eigenvalue weighted by Gasteiger charge is -2.39. The predicted octanol–water partition coefficient (Wildman–Crippen LogP) is 4.15. The summed E-state index contributed by atoms with van der Waals surface area (Å²) in [7, 11) is 0. The fourth-order valence-corrected chi connectivity index (χ4v) is 4.16. The molecule has 1 N–H and O–H groups in total. The van der Waals surface area contributed by atoms with E-state index < -0.39 is 17.8 Å². The van der Waals surface area contributed by atoms with Gasteiger partial charge in [0.2, 0.25) is 0 Å². The van der Waals surface area contributed by atoms with Gasteiger partial charge in [0.15, 0.2) is 0 Å². The molecule has 2 aliphatic heterocycles. The van der Waals surface area contributed by atoms with Crippen LogP contribution in [-0.4, -0.2) is 47.5 Å². The van der Waals surface area contributed by atoms with Gasteiger partial charge in [0.1, 0.15) is 17.8 Å². The van der Waals surface area contributed by atoms with Gasteiger partial charge in [-0.3, -0.25) is 4.79 Å². The standard InChI is InChI=1S/C22H23F2N3O3/c1-2-30-22(29)26-11-9-15(10-12-26)27-20(16-5-3-4-6-17(16)21(27)28)25-19-8-7-14(23)13-18(19)24/h3-8,13,15,20,25H,2,9-12H2,1H3/t20-/m1/s1. The number of piperidine rings is 1. The van der Waals surface area contributed by atoms with E-state index in [2.05, 4.69) is 5.32 Å². The minimum absolute atomic E-state index is 0.125. The van der Waals surface area contributed by atoms with Crippen molar-refractivity contribution in [1.82, 2.24) is 9.80 Å². The number of carbonyl (C=O) groups is 2. The number of benzene rings is 2. The van der Waals surface area contributed by atoms with E-state index in [0.717, 1.165) is 11.6 Å². The molecule has 0 saturated carbocycles. The van der Waals surface area contributed by atoms with Crippen molar-refractivity contribution in [2.45, 2.75) is 32.0 Å². The molecule has 6 nitrogen and oxygen atoms in total. The number of nitrogens with one attached hydrogen (secondary N) is 1. The van der Waals surface area contributed by atoms with Crippen molar-refractivity contribution in [2.75, 3.05) is 25.0 Å². The first-order chi connectivity index (χ1) is 14.5. The maximum atomic E-state index is 14.3. The van der Waals surface area contributed by atoms with E-state index in [1.165, 1.54) is 12.1 Å². The van der Waals surface area contributed by atoms with Crippen LogP contribution in [0, 0.1) is 11.6 Å². The Morgan fingerprint density at radius 1 is 1.17 bits per heavy atom. The number of rotatable bonds is 4. The summed E-state index contributed by atoms with van der Waals surface area (Å²) in [6, 6.07) is 10.4. The smallest absolute Gasteiger partial charge is 0.409 e. The Hall–Kier alpha value is -3.16. The Kier molecular flexibility index (Phi) is 5.57. The molecular formula is C22H23F2N3O3. The number of ether oxygens (including phenoxy) is 1. The normalized spacial score (nSPS) is 19.0. The molecule has 2 amide bonds. The van der Waals surface area contributed by atoms with Crippen LogP contribution in [0.1, 0.15) is 41.9 Å². The third-order valence-electron chi connectivity index (χ3n) is 5.61. The summed E-state index contributed by atoms with van der Waals surface area (Å²) in [5, 5.41) is 3.08. The molecule has 2 aromatic rings. The lowest BCUT2D eigenvalue weighted by Crippen LogP contribution is -2.49. The Labute approximate surface area is 173 Å². The van der Waals surface area contributed by atoms with Gasteiger partial charge in [-0.1, -0.05) is 18.2 Å². The molecule has 0 aromatic heterocycles. The van der Waals surface area contributed by atoms with Gasteiger partial charge < -0.3 is 19.9 Å². The van der Waals surface area contributed by atoms with Crippen LogP contribution in [0.5, 0.6) is 0 Å². The van der Waals surface area contributed by atoms with E-state index in [9.17, 15) is 18.4 Å². The van der Waals surface area contributed by atoms with Gasteiger partial charge in [-0.25, -0.2) is 13.6 Å². The van der Waals surface area contributed by atoms with Crippen LogP contribution >= 0.6 is 0 Å². The average molecular weight is 415 g/mol. The quantitative estimate of drug-likeness (QED) is 0.815. The van der Waals surface area contributed by atoms with Gasteiger partial charge in [-0.15, -0.1) is 0 Å². The summed E-state index contributed by atoms with van der Waals surface area (Å²) in [5.74, 6) is -1.52. The highest BCUT2D eigenvalue weighted by molar-refractivity contribution is 5.99. The predicted molar refractivity (Wildman–Crippen MR) is 107 cm³/mol. The van der Waals surface area contributed by atoms with E-state index in [1.807, 2.05) is 12.1 Å². The van der Waals surface area contributed by atoms with Gasteiger partial charge in [-0.05, 0) is 38.0 Å². The second-order valence-corrected chi connectivity index (χ2v) is 7.39. The van der Waals surface area contributed by atoms with Crippen molar-refractivity contribution in [2.24, 2.45) is 0 Å². The zero-order valence-corrected chi connectivity index (χ0v) is 16.6. The molecule has 2 aliphatic rings. The van der Waals surface area contributed by atoms with Gasteiger partial charge in [0, 0.05) is 36.3 Å². The summed E-state index contributed by atoms with van der Waals surface area (Å²) in [6.07, 6.45) is 0.244. The third-order valence-corrected chi connectivity index (χ3v) is 5.61. The van der Waals surface area contributed by atoms with Crippen LogP contribution in [0.15, 0.2) is 42.5 Å². The SMILES string of the molecule is CCOC(=O)N1CCC(N2C(=O)c3ccccc3[C@@H]2Nc2ccc(F)cc2F)CC1. The van der Waals surface area contributed by atoms with Crippen LogP contribution in [0.3, 0.4) is 0 Å². The lowest BCUT2D eigenvalue weighted by molar-refractivity contribution is 0.0496. The lowest BCUT2D eigenvalue weighted by atomic mass is 10.0. The molecule has 0 spiro atoms. The number of halogens is 2. The summed E-state index contributed by atoms with van der Waals surface area (Å²) < 4.78 is 32.7. The Balaban J connectivity index is 1.58. The van der Waals surface area contributed by atoms with Crippen molar-refractivity contribution in [3.63, 3.8) is 0 Å². The van der Waals surface area contributed by atoms with Crippen molar-refractivity contribution in [3.05, 3.63) is 65.2 Å². The number of nitrogens with zero attached hydrogens (tertiary/aromatic N) is 2. The summed E-state index contributed by atoms with van der Waals surface area (Å²) >= 11 is 0. The fourth-order valence-electron chi connectivity index (χ4n) is 4.16. The first-order valence-electron chi connectivity index (χ1n) is 10.0. The number of carbonyl (C=O) groups excluding carboxylic acids is 2. The maximum absolute atomic E-state index is 14.3. The van der Waals surface area contributed by atoms with Crippen LogP contribution in [0.4, 0.5) is 19.3 Å². The molecule has 0 bridgehead atoms. The second kappa shape index (κ2) is 8.30. The maximum Gasteiger partial charge on any atom is 0.409 e. The second-order valence-electron chi connectivity index (χ2n) is 7.39. The van der Waals surface area contributed by atoms with Crippen molar-refractivity contribution < 1.29 is 23.1 Å². The van der Waals surface area contributed by atoms with Crippen LogP contribution < -0.4 is 5.32 Å². The highest BCUT2D eigenvalue weighted by Crippen LogP contribution is 2.38. The molecule has 0 radical (unpaired) electrons. The third kappa shape index (κ3) is 3.69. The van der Waals surface area contributed by atoms with E-state index in [-0.39, 0.29) is 23.7 Å². The molecule has 158 valence electrons. The van der Waals surface area contributed by atoms with Gasteiger partial charge in [0.05, 0.1) is 12.3 Å². The number of hydrogen-bond donors (Lipinski definition) is 1. The molecule has 30 heavy (non-hydrogen) atoms. The molecule has 4 rings (SSSR count). The van der Waals surface area contributed by atoms with Crippen LogP contribution in [0.25, 0.3) is 0 Å². The van der Waals surface area contributed by atoms with Crippen LogP contribution in [-0.2, 0) is 4.74 Å².